The number of non-ortho nitro benzene ring substituents is 1. The fraction of sp³-hybridized carbons (Fsp3) is 0.0455. The SMILES string of the molecule is O=c1cc(-c2ccccc2)c2ccc(OCc3ccc([N+](=O)[O-])cc3)cc2o1. The van der Waals surface area contributed by atoms with E-state index in [9.17, 15) is 14.9 Å². The summed E-state index contributed by atoms with van der Waals surface area (Å²) in [5.74, 6) is 0.541. The molecule has 0 saturated heterocycles. The molecule has 0 radical (unpaired) electrons. The van der Waals surface area contributed by atoms with Crippen LogP contribution in [-0.4, -0.2) is 4.92 Å². The van der Waals surface area contributed by atoms with E-state index in [2.05, 4.69) is 0 Å². The van der Waals surface area contributed by atoms with Crippen molar-refractivity contribution >= 4 is 16.7 Å². The monoisotopic (exact) mass is 373 g/mol. The minimum atomic E-state index is -0.444. The van der Waals surface area contributed by atoms with Gasteiger partial charge in [0.1, 0.15) is 17.9 Å². The predicted octanol–water partition coefficient (Wildman–Crippen LogP) is 4.95. The third-order valence-corrected chi connectivity index (χ3v) is 4.35. The topological polar surface area (TPSA) is 82.6 Å². The average Bonchev–Trinajstić information content (AvgIpc) is 2.72. The number of hydrogen-bond donors (Lipinski definition) is 0. The van der Waals surface area contributed by atoms with Crippen LogP contribution < -0.4 is 10.4 Å². The molecule has 138 valence electrons. The highest BCUT2D eigenvalue weighted by atomic mass is 16.6. The van der Waals surface area contributed by atoms with Crippen LogP contribution in [0.15, 0.2) is 88.1 Å². The lowest BCUT2D eigenvalue weighted by atomic mass is 10.0. The number of rotatable bonds is 5. The van der Waals surface area contributed by atoms with Gasteiger partial charge < -0.3 is 9.15 Å². The molecule has 0 bridgehead atoms. The molecule has 4 rings (SSSR count). The van der Waals surface area contributed by atoms with Crippen molar-refractivity contribution in [1.29, 1.82) is 0 Å². The van der Waals surface area contributed by atoms with Crippen molar-refractivity contribution in [3.05, 3.63) is 105 Å². The van der Waals surface area contributed by atoms with Crippen LogP contribution in [0, 0.1) is 10.1 Å². The molecule has 0 amide bonds. The zero-order chi connectivity index (χ0) is 19.5. The van der Waals surface area contributed by atoms with Gasteiger partial charge in [-0.05, 0) is 41.0 Å². The highest BCUT2D eigenvalue weighted by Crippen LogP contribution is 2.29. The average molecular weight is 373 g/mol. The Morgan fingerprint density at radius 2 is 1.68 bits per heavy atom. The van der Waals surface area contributed by atoms with Gasteiger partial charge in [-0.15, -0.1) is 0 Å². The molecule has 4 aromatic rings. The Kier molecular flexibility index (Phi) is 4.60. The summed E-state index contributed by atoms with van der Waals surface area (Å²) in [6.45, 7) is 0.242. The summed E-state index contributed by atoms with van der Waals surface area (Å²) in [6, 6.07) is 22.6. The van der Waals surface area contributed by atoms with Gasteiger partial charge in [-0.1, -0.05) is 30.3 Å². The van der Waals surface area contributed by atoms with Crippen molar-refractivity contribution in [2.45, 2.75) is 6.61 Å². The Morgan fingerprint density at radius 3 is 2.39 bits per heavy atom. The maximum Gasteiger partial charge on any atom is 0.336 e. The molecule has 1 aromatic heterocycles. The molecule has 28 heavy (non-hydrogen) atoms. The number of ether oxygens (including phenoxy) is 1. The molecule has 0 aliphatic rings. The van der Waals surface area contributed by atoms with Crippen molar-refractivity contribution in [1.82, 2.24) is 0 Å². The highest BCUT2D eigenvalue weighted by Gasteiger charge is 2.09. The summed E-state index contributed by atoms with van der Waals surface area (Å²) in [5, 5.41) is 11.5. The van der Waals surface area contributed by atoms with Gasteiger partial charge in [-0.25, -0.2) is 4.79 Å². The number of nitrogens with zero attached hydrogens (tertiary/aromatic N) is 1. The minimum Gasteiger partial charge on any atom is -0.489 e. The van der Waals surface area contributed by atoms with Gasteiger partial charge >= 0.3 is 5.63 Å². The zero-order valence-corrected chi connectivity index (χ0v) is 14.7. The first-order chi connectivity index (χ1) is 13.6. The number of nitro groups is 1. The van der Waals surface area contributed by atoms with E-state index in [1.54, 1.807) is 24.3 Å². The van der Waals surface area contributed by atoms with E-state index < -0.39 is 10.5 Å². The van der Waals surface area contributed by atoms with Crippen LogP contribution in [-0.2, 0) is 6.61 Å². The Balaban J connectivity index is 1.61. The second kappa shape index (κ2) is 7.36. The number of hydrogen-bond acceptors (Lipinski definition) is 5. The first-order valence-electron chi connectivity index (χ1n) is 8.59. The molecule has 0 aliphatic heterocycles. The van der Waals surface area contributed by atoms with E-state index in [1.165, 1.54) is 18.2 Å². The van der Waals surface area contributed by atoms with Crippen molar-refractivity contribution in [2.24, 2.45) is 0 Å². The molecule has 0 spiro atoms. The normalized spacial score (nSPS) is 10.7. The van der Waals surface area contributed by atoms with Gasteiger partial charge in [0.25, 0.3) is 5.69 Å². The second-order valence-corrected chi connectivity index (χ2v) is 6.22. The molecule has 0 atom stereocenters. The lowest BCUT2D eigenvalue weighted by molar-refractivity contribution is -0.384. The van der Waals surface area contributed by atoms with Crippen molar-refractivity contribution in [3.63, 3.8) is 0 Å². The van der Waals surface area contributed by atoms with Crippen LogP contribution in [0.1, 0.15) is 5.56 Å². The fourth-order valence-corrected chi connectivity index (χ4v) is 2.97. The van der Waals surface area contributed by atoms with Crippen LogP contribution >= 0.6 is 0 Å². The van der Waals surface area contributed by atoms with Gasteiger partial charge in [0.05, 0.1) is 4.92 Å². The maximum atomic E-state index is 12.0. The van der Waals surface area contributed by atoms with Gasteiger partial charge in [0, 0.05) is 29.7 Å². The van der Waals surface area contributed by atoms with Crippen LogP contribution in [0.4, 0.5) is 5.69 Å². The third kappa shape index (κ3) is 3.61. The first kappa shape index (κ1) is 17.5. The fourth-order valence-electron chi connectivity index (χ4n) is 2.97. The quantitative estimate of drug-likeness (QED) is 0.281. The summed E-state index contributed by atoms with van der Waals surface area (Å²) < 4.78 is 11.1. The molecule has 6 nitrogen and oxygen atoms in total. The Hall–Kier alpha value is -3.93. The molecule has 0 aliphatic carbocycles. The van der Waals surface area contributed by atoms with Crippen LogP contribution in [0.2, 0.25) is 0 Å². The van der Waals surface area contributed by atoms with E-state index >= 15 is 0 Å². The molecule has 0 unspecified atom stereocenters. The maximum absolute atomic E-state index is 12.0. The van der Waals surface area contributed by atoms with Gasteiger partial charge in [-0.3, -0.25) is 10.1 Å². The van der Waals surface area contributed by atoms with Crippen LogP contribution in [0.3, 0.4) is 0 Å². The second-order valence-electron chi connectivity index (χ2n) is 6.22. The number of benzene rings is 3. The van der Waals surface area contributed by atoms with E-state index in [0.29, 0.717) is 11.3 Å². The molecule has 0 fully saturated rings. The summed E-state index contributed by atoms with van der Waals surface area (Å²) in [4.78, 5) is 22.3. The van der Waals surface area contributed by atoms with E-state index in [1.807, 2.05) is 36.4 Å². The largest absolute Gasteiger partial charge is 0.489 e. The third-order valence-electron chi connectivity index (χ3n) is 4.35. The van der Waals surface area contributed by atoms with Crippen LogP contribution in [0.25, 0.3) is 22.1 Å². The molecule has 0 N–H and O–H groups in total. The molecule has 6 heteroatoms. The van der Waals surface area contributed by atoms with E-state index in [4.69, 9.17) is 9.15 Å². The molecular weight excluding hydrogens is 358 g/mol. The Bertz CT molecular complexity index is 1200. The Labute approximate surface area is 159 Å². The lowest BCUT2D eigenvalue weighted by Gasteiger charge is -2.09. The molecule has 0 saturated carbocycles. The number of nitro benzene ring substituents is 1. The smallest absolute Gasteiger partial charge is 0.336 e. The highest BCUT2D eigenvalue weighted by molar-refractivity contribution is 5.93. The van der Waals surface area contributed by atoms with Crippen molar-refractivity contribution < 1.29 is 14.1 Å². The molecule has 3 aromatic carbocycles. The van der Waals surface area contributed by atoms with Gasteiger partial charge in [0.15, 0.2) is 0 Å². The van der Waals surface area contributed by atoms with Crippen LogP contribution in [0.5, 0.6) is 5.75 Å². The van der Waals surface area contributed by atoms with Gasteiger partial charge in [-0.2, -0.15) is 0 Å². The summed E-state index contributed by atoms with van der Waals surface area (Å²) in [7, 11) is 0. The lowest BCUT2D eigenvalue weighted by Crippen LogP contribution is -1.99. The van der Waals surface area contributed by atoms with Crippen molar-refractivity contribution in [2.75, 3.05) is 0 Å². The van der Waals surface area contributed by atoms with Crippen molar-refractivity contribution in [3.8, 4) is 16.9 Å². The summed E-state index contributed by atoms with van der Waals surface area (Å²) in [6.07, 6.45) is 0. The summed E-state index contributed by atoms with van der Waals surface area (Å²) in [5.41, 5.74) is 2.56. The number of fused-ring (bicyclic) bond motifs is 1. The molecule has 1 heterocycles. The van der Waals surface area contributed by atoms with Gasteiger partial charge in [0.2, 0.25) is 0 Å². The standard InChI is InChI=1S/C22H15NO5/c24-22-13-20(16-4-2-1-3-5-16)19-11-10-18(12-21(19)28-22)27-14-15-6-8-17(9-7-15)23(25)26/h1-13H,14H2. The molecular formula is C22H15NO5. The predicted molar refractivity (Wildman–Crippen MR) is 105 cm³/mol. The van der Waals surface area contributed by atoms with E-state index in [-0.39, 0.29) is 12.3 Å². The first-order valence-corrected chi connectivity index (χ1v) is 8.59. The summed E-state index contributed by atoms with van der Waals surface area (Å²) >= 11 is 0. The minimum absolute atomic E-state index is 0.0321. The Morgan fingerprint density at radius 1 is 0.929 bits per heavy atom. The van der Waals surface area contributed by atoms with E-state index in [0.717, 1.165) is 22.1 Å². The zero-order valence-electron chi connectivity index (χ0n) is 14.7.